The smallest absolute Gasteiger partial charge is 0.152 e. The Morgan fingerprint density at radius 2 is 2.00 bits per heavy atom. The maximum Gasteiger partial charge on any atom is 0.152 e. The number of phenolic OH excluding ortho intramolecular Hbond substituents is 1. The van der Waals surface area contributed by atoms with Crippen LogP contribution in [0.25, 0.3) is 0 Å². The molecule has 0 saturated heterocycles. The van der Waals surface area contributed by atoms with E-state index in [1.54, 1.807) is 18.2 Å². The average Bonchev–Trinajstić information content (AvgIpc) is 1.83. The van der Waals surface area contributed by atoms with Crippen molar-refractivity contribution in [2.45, 2.75) is 0 Å². The molecule has 1 rings (SSSR count). The van der Waals surface area contributed by atoms with Gasteiger partial charge in [-0.2, -0.15) is 0 Å². The second kappa shape index (κ2) is 3.68. The molecule has 0 fully saturated rings. The molecule has 56 valence electrons. The number of hydrogen-bond donors (Lipinski definition) is 2. The van der Waals surface area contributed by atoms with Crippen LogP contribution in [0, 0.1) is 0 Å². The molecule has 0 aromatic heterocycles. The molecular formula is C6H7BrClNO. The third-order valence-corrected chi connectivity index (χ3v) is 1.66. The van der Waals surface area contributed by atoms with Crippen LogP contribution in [-0.4, -0.2) is 5.11 Å². The Morgan fingerprint density at radius 3 is 2.40 bits per heavy atom. The molecule has 1 aromatic carbocycles. The Balaban J connectivity index is 0.000000810. The van der Waals surface area contributed by atoms with Crippen LogP contribution >= 0.6 is 28.3 Å². The minimum absolute atomic E-state index is 0. The van der Waals surface area contributed by atoms with Crippen molar-refractivity contribution in [2.75, 3.05) is 5.73 Å². The third-order valence-electron chi connectivity index (χ3n) is 1.02. The molecule has 0 aliphatic rings. The van der Waals surface area contributed by atoms with Crippen molar-refractivity contribution in [3.63, 3.8) is 0 Å². The molecule has 0 unspecified atom stereocenters. The molecule has 0 saturated carbocycles. The first kappa shape index (κ1) is 9.59. The molecule has 0 amide bonds. The number of anilines is 1. The first-order chi connectivity index (χ1) is 4.22. The number of aromatic hydroxyl groups is 1. The summed E-state index contributed by atoms with van der Waals surface area (Å²) < 4.78 is 0.627. The molecule has 2 nitrogen and oxygen atoms in total. The quantitative estimate of drug-likeness (QED) is 0.524. The molecule has 4 heteroatoms. The number of benzene rings is 1. The highest BCUT2D eigenvalue weighted by Gasteiger charge is 1.97. The van der Waals surface area contributed by atoms with Crippen molar-refractivity contribution in [1.29, 1.82) is 0 Å². The van der Waals surface area contributed by atoms with E-state index in [2.05, 4.69) is 15.9 Å². The summed E-state index contributed by atoms with van der Waals surface area (Å²) in [7, 11) is 0. The van der Waals surface area contributed by atoms with Crippen molar-refractivity contribution in [3.05, 3.63) is 22.7 Å². The number of para-hydroxylation sites is 1. The summed E-state index contributed by atoms with van der Waals surface area (Å²) in [5, 5.41) is 9.03. The summed E-state index contributed by atoms with van der Waals surface area (Å²) in [6.45, 7) is 0. The van der Waals surface area contributed by atoms with Gasteiger partial charge in [0.15, 0.2) is 5.75 Å². The van der Waals surface area contributed by atoms with Gasteiger partial charge in [-0.05, 0) is 28.1 Å². The maximum absolute atomic E-state index is 9.03. The van der Waals surface area contributed by atoms with Gasteiger partial charge < -0.3 is 10.8 Å². The summed E-state index contributed by atoms with van der Waals surface area (Å²) in [6, 6.07) is 5.13. The summed E-state index contributed by atoms with van der Waals surface area (Å²) in [5.41, 5.74) is 5.73. The highest BCUT2D eigenvalue weighted by molar-refractivity contribution is 9.10. The summed E-state index contributed by atoms with van der Waals surface area (Å²) in [5.74, 6) is 0.109. The fourth-order valence-corrected chi connectivity index (χ4v) is 0.914. The summed E-state index contributed by atoms with van der Waals surface area (Å²) in [4.78, 5) is 0. The van der Waals surface area contributed by atoms with Gasteiger partial charge in [0.2, 0.25) is 0 Å². The largest absolute Gasteiger partial charge is 0.505 e. The molecule has 0 bridgehead atoms. The van der Waals surface area contributed by atoms with E-state index in [0.29, 0.717) is 10.2 Å². The molecule has 0 radical (unpaired) electrons. The second-order valence-corrected chi connectivity index (χ2v) is 2.53. The van der Waals surface area contributed by atoms with E-state index < -0.39 is 0 Å². The second-order valence-electron chi connectivity index (χ2n) is 1.68. The van der Waals surface area contributed by atoms with E-state index in [9.17, 15) is 0 Å². The molecule has 0 atom stereocenters. The lowest BCUT2D eigenvalue weighted by molar-refractivity contribution is 0.474. The highest BCUT2D eigenvalue weighted by Crippen LogP contribution is 2.28. The maximum atomic E-state index is 9.03. The minimum Gasteiger partial charge on any atom is -0.505 e. The number of nitrogen functional groups attached to an aromatic ring is 1. The normalized spacial score (nSPS) is 8.50. The fraction of sp³-hybridized carbons (Fsp3) is 0. The van der Waals surface area contributed by atoms with Crippen LogP contribution in [0.15, 0.2) is 22.7 Å². The predicted octanol–water partition coefficient (Wildman–Crippen LogP) is 2.16. The molecule has 1 aromatic rings. The van der Waals surface area contributed by atoms with E-state index >= 15 is 0 Å². The van der Waals surface area contributed by atoms with Crippen molar-refractivity contribution < 1.29 is 5.11 Å². The van der Waals surface area contributed by atoms with Gasteiger partial charge in [-0.15, -0.1) is 12.4 Å². The molecule has 0 heterocycles. The Bertz CT molecular complexity index is 209. The highest BCUT2D eigenvalue weighted by atomic mass is 79.9. The number of hydrogen-bond acceptors (Lipinski definition) is 2. The SMILES string of the molecule is Cl.Nc1cccc(Br)c1O. The van der Waals surface area contributed by atoms with E-state index in [-0.39, 0.29) is 18.2 Å². The first-order valence-electron chi connectivity index (χ1n) is 2.45. The van der Waals surface area contributed by atoms with Gasteiger partial charge in [-0.1, -0.05) is 6.07 Å². The van der Waals surface area contributed by atoms with Gasteiger partial charge in [0.25, 0.3) is 0 Å². The van der Waals surface area contributed by atoms with Crippen LogP contribution in [0.2, 0.25) is 0 Å². The van der Waals surface area contributed by atoms with Crippen LogP contribution in [-0.2, 0) is 0 Å². The van der Waals surface area contributed by atoms with Gasteiger partial charge in [-0.25, -0.2) is 0 Å². The first-order valence-corrected chi connectivity index (χ1v) is 3.24. The van der Waals surface area contributed by atoms with E-state index in [0.717, 1.165) is 0 Å². The summed E-state index contributed by atoms with van der Waals surface area (Å²) >= 11 is 3.12. The van der Waals surface area contributed by atoms with Crippen LogP contribution in [0.5, 0.6) is 5.75 Å². The Hall–Kier alpha value is -0.410. The van der Waals surface area contributed by atoms with Crippen LogP contribution in [0.4, 0.5) is 5.69 Å². The molecule has 0 aliphatic heterocycles. The lowest BCUT2D eigenvalue weighted by Crippen LogP contribution is -1.83. The monoisotopic (exact) mass is 223 g/mol. The number of halogens is 2. The predicted molar refractivity (Wildman–Crippen MR) is 47.5 cm³/mol. The average molecular weight is 224 g/mol. The Morgan fingerprint density at radius 1 is 1.40 bits per heavy atom. The van der Waals surface area contributed by atoms with E-state index in [4.69, 9.17) is 10.8 Å². The summed E-state index contributed by atoms with van der Waals surface area (Å²) in [6.07, 6.45) is 0. The molecule has 0 aliphatic carbocycles. The van der Waals surface area contributed by atoms with Crippen LogP contribution < -0.4 is 5.73 Å². The molecule has 3 N–H and O–H groups in total. The Kier molecular flexibility index (Phi) is 3.53. The number of rotatable bonds is 0. The van der Waals surface area contributed by atoms with Gasteiger partial charge in [0.05, 0.1) is 10.2 Å². The molecule has 0 spiro atoms. The van der Waals surface area contributed by atoms with Crippen molar-refractivity contribution >= 4 is 34.0 Å². The van der Waals surface area contributed by atoms with Gasteiger partial charge in [0, 0.05) is 0 Å². The van der Waals surface area contributed by atoms with Crippen LogP contribution in [0.3, 0.4) is 0 Å². The van der Waals surface area contributed by atoms with Crippen molar-refractivity contribution in [3.8, 4) is 5.75 Å². The lowest BCUT2D eigenvalue weighted by atomic mass is 10.3. The lowest BCUT2D eigenvalue weighted by Gasteiger charge is -1.97. The molecular weight excluding hydrogens is 217 g/mol. The van der Waals surface area contributed by atoms with E-state index in [1.807, 2.05) is 0 Å². The van der Waals surface area contributed by atoms with Gasteiger partial charge >= 0.3 is 0 Å². The zero-order valence-corrected chi connectivity index (χ0v) is 7.45. The number of nitrogens with two attached hydrogens (primary N) is 1. The number of phenols is 1. The van der Waals surface area contributed by atoms with Gasteiger partial charge in [0.1, 0.15) is 0 Å². The Labute approximate surface area is 73.6 Å². The van der Waals surface area contributed by atoms with Crippen LogP contribution in [0.1, 0.15) is 0 Å². The molecule has 10 heavy (non-hydrogen) atoms. The van der Waals surface area contributed by atoms with Crippen molar-refractivity contribution in [1.82, 2.24) is 0 Å². The van der Waals surface area contributed by atoms with Crippen molar-refractivity contribution in [2.24, 2.45) is 0 Å². The third kappa shape index (κ3) is 1.78. The zero-order chi connectivity index (χ0) is 6.85. The van der Waals surface area contributed by atoms with Gasteiger partial charge in [-0.3, -0.25) is 0 Å². The fourth-order valence-electron chi connectivity index (χ4n) is 0.532. The minimum atomic E-state index is 0. The topological polar surface area (TPSA) is 46.2 Å². The standard InChI is InChI=1S/C6H6BrNO.ClH/c7-4-2-1-3-5(8)6(4)9;/h1-3,9H,8H2;1H. The van der Waals surface area contributed by atoms with E-state index in [1.165, 1.54) is 0 Å². The zero-order valence-electron chi connectivity index (χ0n) is 5.04.